The van der Waals surface area contributed by atoms with Crippen LogP contribution in [0.5, 0.6) is 0 Å². The van der Waals surface area contributed by atoms with E-state index in [1.54, 1.807) is 0 Å². The van der Waals surface area contributed by atoms with Crippen molar-refractivity contribution < 1.29 is 0 Å². The lowest BCUT2D eigenvalue weighted by Crippen LogP contribution is -2.44. The standard InChI is InChI=1S/C13H22N2S/c1-10-6-11(7-10)15-12-14-8-13(9-16-12)4-2-3-5-13/h10-11H,2-9H2,1H3,(H,14,15). The van der Waals surface area contributed by atoms with E-state index < -0.39 is 0 Å². The van der Waals surface area contributed by atoms with E-state index in [1.807, 2.05) is 11.8 Å². The molecular weight excluding hydrogens is 216 g/mol. The van der Waals surface area contributed by atoms with E-state index in [0.29, 0.717) is 5.41 Å². The molecule has 1 aliphatic heterocycles. The van der Waals surface area contributed by atoms with Crippen LogP contribution in [0.3, 0.4) is 0 Å². The molecule has 0 bridgehead atoms. The molecule has 0 unspecified atom stereocenters. The maximum absolute atomic E-state index is 4.78. The van der Waals surface area contributed by atoms with Crippen molar-refractivity contribution in [2.24, 2.45) is 16.3 Å². The predicted octanol–water partition coefficient (Wildman–Crippen LogP) is 3.04. The van der Waals surface area contributed by atoms with Crippen LogP contribution in [-0.2, 0) is 0 Å². The lowest BCUT2D eigenvalue weighted by molar-refractivity contribution is 0.268. The van der Waals surface area contributed by atoms with Gasteiger partial charge in [0.1, 0.15) is 0 Å². The van der Waals surface area contributed by atoms with Crippen molar-refractivity contribution in [3.8, 4) is 0 Å². The molecule has 3 aliphatic rings. The molecule has 2 nitrogen and oxygen atoms in total. The van der Waals surface area contributed by atoms with Crippen molar-refractivity contribution in [3.63, 3.8) is 0 Å². The second-order valence-electron chi connectivity index (χ2n) is 6.03. The summed E-state index contributed by atoms with van der Waals surface area (Å²) in [5, 5.41) is 4.84. The molecule has 1 spiro atoms. The number of aliphatic imine (C=N–C) groups is 1. The number of amidine groups is 1. The van der Waals surface area contributed by atoms with E-state index in [9.17, 15) is 0 Å². The first-order valence-corrected chi connectivity index (χ1v) is 7.68. The summed E-state index contributed by atoms with van der Waals surface area (Å²) in [6.45, 7) is 3.42. The van der Waals surface area contributed by atoms with Crippen LogP contribution in [-0.4, -0.2) is 23.5 Å². The summed E-state index contributed by atoms with van der Waals surface area (Å²) in [4.78, 5) is 4.78. The predicted molar refractivity (Wildman–Crippen MR) is 71.0 cm³/mol. The van der Waals surface area contributed by atoms with Crippen LogP contribution in [0.15, 0.2) is 4.99 Å². The lowest BCUT2D eigenvalue weighted by atomic mass is 9.82. The minimum atomic E-state index is 0.586. The van der Waals surface area contributed by atoms with Crippen molar-refractivity contribution in [3.05, 3.63) is 0 Å². The average Bonchev–Trinajstić information content (AvgIpc) is 2.68. The Morgan fingerprint density at radius 3 is 2.62 bits per heavy atom. The molecule has 0 aromatic rings. The minimum Gasteiger partial charge on any atom is -0.362 e. The molecule has 2 saturated carbocycles. The Bertz CT molecular complexity index is 288. The second-order valence-corrected chi connectivity index (χ2v) is 7.00. The second kappa shape index (κ2) is 4.25. The largest absolute Gasteiger partial charge is 0.362 e. The number of hydrogen-bond donors (Lipinski definition) is 1. The van der Waals surface area contributed by atoms with Gasteiger partial charge < -0.3 is 5.32 Å². The highest BCUT2D eigenvalue weighted by atomic mass is 32.2. The normalized spacial score (nSPS) is 36.9. The van der Waals surface area contributed by atoms with E-state index in [-0.39, 0.29) is 0 Å². The SMILES string of the molecule is CC1CC(NC2=NCC3(CCCC3)CS2)C1. The van der Waals surface area contributed by atoms with Gasteiger partial charge in [0.05, 0.1) is 0 Å². The van der Waals surface area contributed by atoms with Crippen LogP contribution < -0.4 is 5.32 Å². The molecular formula is C13H22N2S. The van der Waals surface area contributed by atoms with Crippen LogP contribution >= 0.6 is 11.8 Å². The zero-order valence-corrected chi connectivity index (χ0v) is 11.0. The van der Waals surface area contributed by atoms with Gasteiger partial charge in [-0.15, -0.1) is 0 Å². The van der Waals surface area contributed by atoms with Gasteiger partial charge in [-0.1, -0.05) is 31.5 Å². The molecule has 1 heterocycles. The van der Waals surface area contributed by atoms with E-state index in [2.05, 4.69) is 12.2 Å². The monoisotopic (exact) mass is 238 g/mol. The van der Waals surface area contributed by atoms with Crippen LogP contribution in [0, 0.1) is 11.3 Å². The van der Waals surface area contributed by atoms with Crippen molar-refractivity contribution in [1.82, 2.24) is 5.32 Å². The molecule has 0 aromatic carbocycles. The number of hydrogen-bond acceptors (Lipinski definition) is 3. The molecule has 2 fully saturated rings. The molecule has 3 rings (SSSR count). The molecule has 0 atom stereocenters. The Balaban J connectivity index is 1.53. The van der Waals surface area contributed by atoms with Gasteiger partial charge >= 0.3 is 0 Å². The first-order chi connectivity index (χ1) is 7.76. The van der Waals surface area contributed by atoms with Gasteiger partial charge in [-0.2, -0.15) is 0 Å². The Morgan fingerprint density at radius 1 is 1.31 bits per heavy atom. The number of nitrogens with one attached hydrogen (secondary N) is 1. The quantitative estimate of drug-likeness (QED) is 0.759. The Kier molecular flexibility index (Phi) is 2.90. The fraction of sp³-hybridized carbons (Fsp3) is 0.923. The third kappa shape index (κ3) is 2.11. The minimum absolute atomic E-state index is 0.586. The van der Waals surface area contributed by atoms with Gasteiger partial charge in [-0.05, 0) is 37.0 Å². The summed E-state index contributed by atoms with van der Waals surface area (Å²) < 4.78 is 0. The number of nitrogens with zero attached hydrogens (tertiary/aromatic N) is 1. The number of rotatable bonds is 1. The van der Waals surface area contributed by atoms with Crippen LogP contribution in [0.1, 0.15) is 45.4 Å². The fourth-order valence-electron chi connectivity index (χ4n) is 3.26. The first-order valence-electron chi connectivity index (χ1n) is 6.70. The summed E-state index contributed by atoms with van der Waals surface area (Å²) in [6, 6.07) is 0.721. The molecule has 90 valence electrons. The van der Waals surface area contributed by atoms with Gasteiger partial charge in [0, 0.05) is 18.3 Å². The number of thioether (sulfide) groups is 1. The van der Waals surface area contributed by atoms with E-state index >= 15 is 0 Å². The smallest absolute Gasteiger partial charge is 0.156 e. The summed E-state index contributed by atoms with van der Waals surface area (Å²) >= 11 is 1.98. The third-order valence-electron chi connectivity index (χ3n) is 4.44. The van der Waals surface area contributed by atoms with Gasteiger partial charge in [0.2, 0.25) is 0 Å². The van der Waals surface area contributed by atoms with Gasteiger partial charge in [-0.3, -0.25) is 4.99 Å². The van der Waals surface area contributed by atoms with Gasteiger partial charge in [-0.25, -0.2) is 0 Å². The molecule has 0 saturated heterocycles. The van der Waals surface area contributed by atoms with Crippen LogP contribution in [0.4, 0.5) is 0 Å². The van der Waals surface area contributed by atoms with Crippen molar-refractivity contribution in [2.45, 2.75) is 51.5 Å². The Labute approximate surface area is 103 Å². The lowest BCUT2D eigenvalue weighted by Gasteiger charge is -2.37. The van der Waals surface area contributed by atoms with Crippen LogP contribution in [0.25, 0.3) is 0 Å². The summed E-state index contributed by atoms with van der Waals surface area (Å²) in [5.74, 6) is 2.23. The maximum atomic E-state index is 4.78. The summed E-state index contributed by atoms with van der Waals surface area (Å²) in [6.07, 6.45) is 8.36. The third-order valence-corrected chi connectivity index (χ3v) is 5.72. The average molecular weight is 238 g/mol. The molecule has 0 aromatic heterocycles. The molecule has 3 heteroatoms. The zero-order valence-electron chi connectivity index (χ0n) is 10.2. The highest BCUT2D eigenvalue weighted by Gasteiger charge is 2.37. The molecule has 16 heavy (non-hydrogen) atoms. The topological polar surface area (TPSA) is 24.4 Å². The molecule has 0 radical (unpaired) electrons. The summed E-state index contributed by atoms with van der Waals surface area (Å²) in [7, 11) is 0. The molecule has 2 aliphatic carbocycles. The maximum Gasteiger partial charge on any atom is 0.156 e. The van der Waals surface area contributed by atoms with E-state index in [1.165, 1.54) is 49.4 Å². The van der Waals surface area contributed by atoms with Crippen molar-refractivity contribution >= 4 is 16.9 Å². The van der Waals surface area contributed by atoms with Crippen molar-refractivity contribution in [2.75, 3.05) is 12.3 Å². The Morgan fingerprint density at radius 2 is 2.06 bits per heavy atom. The zero-order chi connectivity index (χ0) is 11.0. The van der Waals surface area contributed by atoms with E-state index in [4.69, 9.17) is 4.99 Å². The van der Waals surface area contributed by atoms with Crippen molar-refractivity contribution in [1.29, 1.82) is 0 Å². The molecule has 0 amide bonds. The van der Waals surface area contributed by atoms with Gasteiger partial charge in [0.25, 0.3) is 0 Å². The Hall–Kier alpha value is -0.180. The first kappa shape index (κ1) is 10.9. The van der Waals surface area contributed by atoms with Crippen LogP contribution in [0.2, 0.25) is 0 Å². The van der Waals surface area contributed by atoms with Gasteiger partial charge in [0.15, 0.2) is 5.17 Å². The molecule has 1 N–H and O–H groups in total. The fourth-order valence-corrected chi connectivity index (χ4v) is 4.49. The summed E-state index contributed by atoms with van der Waals surface area (Å²) in [5.41, 5.74) is 0.586. The highest BCUT2D eigenvalue weighted by Crippen LogP contribution is 2.43. The van der Waals surface area contributed by atoms with E-state index in [0.717, 1.165) is 18.5 Å². The highest BCUT2D eigenvalue weighted by molar-refractivity contribution is 8.13.